The Balaban J connectivity index is 2.78. The zero-order chi connectivity index (χ0) is 12.8. The second-order valence-electron chi connectivity index (χ2n) is 4.55. The van der Waals surface area contributed by atoms with Crippen LogP contribution in [0.3, 0.4) is 0 Å². The number of nitrogens with two attached hydrogens (primary N) is 1. The van der Waals surface area contributed by atoms with E-state index in [1.807, 2.05) is 19.1 Å². The molecule has 2 nitrogen and oxygen atoms in total. The predicted molar refractivity (Wildman–Crippen MR) is 73.9 cm³/mol. The van der Waals surface area contributed by atoms with Crippen LogP contribution in [0.4, 0.5) is 0 Å². The maximum Gasteiger partial charge on any atom is 0.137 e. The number of benzene rings is 1. The van der Waals surface area contributed by atoms with Gasteiger partial charge in [-0.15, -0.1) is 0 Å². The van der Waals surface area contributed by atoms with Crippen LogP contribution >= 0.6 is 11.6 Å². The molecule has 96 valence electrons. The van der Waals surface area contributed by atoms with Gasteiger partial charge in [0.25, 0.3) is 0 Å². The summed E-state index contributed by atoms with van der Waals surface area (Å²) in [6.07, 6.45) is 3.26. The first-order valence-electron chi connectivity index (χ1n) is 6.17. The third-order valence-electron chi connectivity index (χ3n) is 3.11. The second-order valence-corrected chi connectivity index (χ2v) is 4.96. The number of halogens is 1. The summed E-state index contributed by atoms with van der Waals surface area (Å²) in [5, 5.41) is 0.684. The molecule has 17 heavy (non-hydrogen) atoms. The molecule has 2 atom stereocenters. The fourth-order valence-electron chi connectivity index (χ4n) is 2.01. The zero-order valence-corrected chi connectivity index (χ0v) is 11.6. The lowest BCUT2D eigenvalue weighted by Gasteiger charge is -2.17. The van der Waals surface area contributed by atoms with Gasteiger partial charge in [0.1, 0.15) is 5.75 Å². The van der Waals surface area contributed by atoms with Crippen molar-refractivity contribution in [2.45, 2.75) is 45.1 Å². The number of ether oxygens (including phenoxy) is 1. The van der Waals surface area contributed by atoms with Crippen LogP contribution in [0.1, 0.15) is 44.6 Å². The molecule has 0 radical (unpaired) electrons. The molecule has 0 saturated heterocycles. The average molecular weight is 256 g/mol. The summed E-state index contributed by atoms with van der Waals surface area (Å²) in [5.41, 5.74) is 7.08. The fourth-order valence-corrected chi connectivity index (χ4v) is 2.27. The van der Waals surface area contributed by atoms with Gasteiger partial charge in [0.05, 0.1) is 12.1 Å². The van der Waals surface area contributed by atoms with Gasteiger partial charge >= 0.3 is 0 Å². The molecular weight excluding hydrogens is 234 g/mol. The fraction of sp³-hybridized carbons (Fsp3) is 0.571. The highest BCUT2D eigenvalue weighted by atomic mass is 35.5. The number of rotatable bonds is 6. The van der Waals surface area contributed by atoms with Crippen LogP contribution in [0, 0.1) is 0 Å². The standard InChI is InChI=1S/C14H22ClNO/c1-4-11(6-5-10(2)16)12-7-8-14(17-3)13(15)9-12/h7-11H,4-6,16H2,1-3H3. The van der Waals surface area contributed by atoms with Gasteiger partial charge in [0.2, 0.25) is 0 Å². The number of methoxy groups -OCH3 is 1. The Kier molecular flexibility index (Phi) is 5.79. The lowest BCUT2D eigenvalue weighted by molar-refractivity contribution is 0.414. The topological polar surface area (TPSA) is 35.2 Å². The number of hydrogen-bond donors (Lipinski definition) is 1. The van der Waals surface area contributed by atoms with Crippen molar-refractivity contribution in [3.05, 3.63) is 28.8 Å². The van der Waals surface area contributed by atoms with E-state index in [9.17, 15) is 0 Å². The first-order chi connectivity index (χ1) is 8.08. The molecule has 1 rings (SSSR count). The van der Waals surface area contributed by atoms with Crippen molar-refractivity contribution in [3.8, 4) is 5.75 Å². The highest BCUT2D eigenvalue weighted by Gasteiger charge is 2.12. The van der Waals surface area contributed by atoms with Gasteiger partial charge in [-0.1, -0.05) is 24.6 Å². The molecule has 2 N–H and O–H groups in total. The van der Waals surface area contributed by atoms with Gasteiger partial charge < -0.3 is 10.5 Å². The number of hydrogen-bond acceptors (Lipinski definition) is 2. The van der Waals surface area contributed by atoms with Gasteiger partial charge in [-0.25, -0.2) is 0 Å². The molecule has 0 spiro atoms. The van der Waals surface area contributed by atoms with Crippen molar-refractivity contribution < 1.29 is 4.74 Å². The van der Waals surface area contributed by atoms with Gasteiger partial charge in [0, 0.05) is 6.04 Å². The van der Waals surface area contributed by atoms with Crippen molar-refractivity contribution in [2.24, 2.45) is 5.73 Å². The maximum absolute atomic E-state index is 6.14. The van der Waals surface area contributed by atoms with Gasteiger partial charge in [-0.2, -0.15) is 0 Å². The molecule has 0 aliphatic rings. The van der Waals surface area contributed by atoms with E-state index in [2.05, 4.69) is 13.0 Å². The van der Waals surface area contributed by atoms with Crippen molar-refractivity contribution in [3.63, 3.8) is 0 Å². The molecule has 2 unspecified atom stereocenters. The molecule has 0 saturated carbocycles. The second kappa shape index (κ2) is 6.87. The molecule has 3 heteroatoms. The first kappa shape index (κ1) is 14.3. The largest absolute Gasteiger partial charge is 0.495 e. The predicted octanol–water partition coefficient (Wildman–Crippen LogP) is 3.97. The molecule has 1 aromatic carbocycles. The Labute approximate surface area is 109 Å². The zero-order valence-electron chi connectivity index (χ0n) is 10.9. The van der Waals surface area contributed by atoms with Crippen molar-refractivity contribution in [1.82, 2.24) is 0 Å². The van der Waals surface area contributed by atoms with Crippen LogP contribution in [0.15, 0.2) is 18.2 Å². The SMILES string of the molecule is CCC(CCC(C)N)c1ccc(OC)c(Cl)c1. The highest BCUT2D eigenvalue weighted by Crippen LogP contribution is 2.31. The summed E-state index contributed by atoms with van der Waals surface area (Å²) in [5.74, 6) is 1.27. The molecule has 0 fully saturated rings. The van der Waals surface area contributed by atoms with Crippen LogP contribution in [-0.2, 0) is 0 Å². The van der Waals surface area contributed by atoms with E-state index in [0.717, 1.165) is 25.0 Å². The van der Waals surface area contributed by atoms with Crippen molar-refractivity contribution in [1.29, 1.82) is 0 Å². The van der Waals surface area contributed by atoms with Gasteiger partial charge in [-0.05, 0) is 49.8 Å². The Hall–Kier alpha value is -0.730. The van der Waals surface area contributed by atoms with E-state index >= 15 is 0 Å². The van der Waals surface area contributed by atoms with Gasteiger partial charge in [-0.3, -0.25) is 0 Å². The Morgan fingerprint density at radius 2 is 2.06 bits per heavy atom. The first-order valence-corrected chi connectivity index (χ1v) is 6.55. The third kappa shape index (κ3) is 4.21. The smallest absolute Gasteiger partial charge is 0.137 e. The molecular formula is C14H22ClNO. The van der Waals surface area contributed by atoms with E-state index in [0.29, 0.717) is 10.9 Å². The quantitative estimate of drug-likeness (QED) is 0.835. The molecule has 0 aliphatic carbocycles. The van der Waals surface area contributed by atoms with E-state index in [1.165, 1.54) is 5.56 Å². The molecule has 0 aromatic heterocycles. The maximum atomic E-state index is 6.14. The third-order valence-corrected chi connectivity index (χ3v) is 3.41. The summed E-state index contributed by atoms with van der Waals surface area (Å²) in [4.78, 5) is 0. The minimum Gasteiger partial charge on any atom is -0.495 e. The van der Waals surface area contributed by atoms with Crippen LogP contribution in [0.25, 0.3) is 0 Å². The molecule has 0 bridgehead atoms. The van der Waals surface area contributed by atoms with E-state index in [1.54, 1.807) is 7.11 Å². The minimum absolute atomic E-state index is 0.262. The average Bonchev–Trinajstić information content (AvgIpc) is 2.29. The van der Waals surface area contributed by atoms with Crippen LogP contribution in [-0.4, -0.2) is 13.2 Å². The van der Waals surface area contributed by atoms with E-state index in [4.69, 9.17) is 22.1 Å². The van der Waals surface area contributed by atoms with Crippen LogP contribution < -0.4 is 10.5 Å². The Morgan fingerprint density at radius 3 is 2.53 bits per heavy atom. The van der Waals surface area contributed by atoms with Crippen LogP contribution in [0.5, 0.6) is 5.75 Å². The summed E-state index contributed by atoms with van der Waals surface area (Å²) < 4.78 is 5.16. The summed E-state index contributed by atoms with van der Waals surface area (Å²) in [7, 11) is 1.63. The lowest BCUT2D eigenvalue weighted by atomic mass is 9.90. The molecule has 1 aromatic rings. The summed E-state index contributed by atoms with van der Waals surface area (Å²) in [6, 6.07) is 6.31. The normalized spacial score (nSPS) is 14.4. The van der Waals surface area contributed by atoms with Crippen molar-refractivity contribution in [2.75, 3.05) is 7.11 Å². The Morgan fingerprint density at radius 1 is 1.35 bits per heavy atom. The highest BCUT2D eigenvalue weighted by molar-refractivity contribution is 6.32. The van der Waals surface area contributed by atoms with Crippen molar-refractivity contribution >= 4 is 11.6 Å². The molecule has 0 aliphatic heterocycles. The van der Waals surface area contributed by atoms with Gasteiger partial charge in [0.15, 0.2) is 0 Å². The Bertz CT molecular complexity index is 352. The van der Waals surface area contributed by atoms with E-state index in [-0.39, 0.29) is 6.04 Å². The van der Waals surface area contributed by atoms with E-state index < -0.39 is 0 Å². The monoisotopic (exact) mass is 255 g/mol. The van der Waals surface area contributed by atoms with Crippen LogP contribution in [0.2, 0.25) is 5.02 Å². The summed E-state index contributed by atoms with van der Waals surface area (Å²) >= 11 is 6.14. The lowest BCUT2D eigenvalue weighted by Crippen LogP contribution is -2.15. The minimum atomic E-state index is 0.262. The summed E-state index contributed by atoms with van der Waals surface area (Å²) in [6.45, 7) is 4.25. The molecule has 0 amide bonds. The molecule has 0 heterocycles.